The maximum atomic E-state index is 4.27. The summed E-state index contributed by atoms with van der Waals surface area (Å²) in [5, 5.41) is 3.34. The van der Waals surface area contributed by atoms with Crippen LogP contribution in [-0.2, 0) is 6.54 Å². The number of hydrogen-bond acceptors (Lipinski definition) is 5. The van der Waals surface area contributed by atoms with E-state index in [9.17, 15) is 0 Å². The molecule has 2 N–H and O–H groups in total. The highest BCUT2D eigenvalue weighted by Crippen LogP contribution is 2.20. The van der Waals surface area contributed by atoms with E-state index in [1.807, 2.05) is 14.1 Å². The molecule has 2 aromatic heterocycles. The van der Waals surface area contributed by atoms with Crippen LogP contribution in [0, 0.1) is 6.92 Å². The summed E-state index contributed by atoms with van der Waals surface area (Å²) in [7, 11) is 4.09. The molecule has 0 unspecified atom stereocenters. The van der Waals surface area contributed by atoms with Gasteiger partial charge in [0.05, 0.1) is 6.33 Å². The van der Waals surface area contributed by atoms with Crippen LogP contribution in [0.25, 0.3) is 11.2 Å². The Morgan fingerprint density at radius 2 is 2.05 bits per heavy atom. The maximum absolute atomic E-state index is 4.27. The van der Waals surface area contributed by atoms with Crippen LogP contribution in [-0.4, -0.2) is 34.0 Å². The van der Waals surface area contributed by atoms with Gasteiger partial charge in [-0.05, 0) is 30.2 Å². The predicted molar refractivity (Wildman–Crippen MR) is 84.5 cm³/mol. The second kappa shape index (κ2) is 5.40. The van der Waals surface area contributed by atoms with Crippen LogP contribution < -0.4 is 10.2 Å². The van der Waals surface area contributed by atoms with Gasteiger partial charge in [0.25, 0.3) is 0 Å². The fraction of sp³-hybridized carbons (Fsp3) is 0.267. The molecule has 1 aromatic carbocycles. The monoisotopic (exact) mass is 282 g/mol. The molecule has 0 bridgehead atoms. The van der Waals surface area contributed by atoms with Gasteiger partial charge in [-0.1, -0.05) is 6.07 Å². The summed E-state index contributed by atoms with van der Waals surface area (Å²) in [6.07, 6.45) is 3.15. The number of nitrogens with one attached hydrogen (secondary N) is 2. The number of anilines is 2. The first-order valence-electron chi connectivity index (χ1n) is 6.80. The van der Waals surface area contributed by atoms with Gasteiger partial charge in [0.2, 0.25) is 0 Å². The van der Waals surface area contributed by atoms with Gasteiger partial charge in [-0.15, -0.1) is 0 Å². The minimum Gasteiger partial charge on any atom is -0.378 e. The lowest BCUT2D eigenvalue weighted by atomic mass is 10.1. The van der Waals surface area contributed by atoms with Crippen molar-refractivity contribution >= 4 is 22.7 Å². The Bertz CT molecular complexity index is 762. The number of hydrogen-bond donors (Lipinski definition) is 2. The van der Waals surface area contributed by atoms with Crippen LogP contribution >= 0.6 is 0 Å². The van der Waals surface area contributed by atoms with Gasteiger partial charge in [0.15, 0.2) is 11.5 Å². The minimum absolute atomic E-state index is 0.673. The molecule has 0 aliphatic rings. The van der Waals surface area contributed by atoms with Gasteiger partial charge < -0.3 is 15.2 Å². The molecule has 6 heteroatoms. The second-order valence-corrected chi connectivity index (χ2v) is 5.18. The largest absolute Gasteiger partial charge is 0.378 e. The fourth-order valence-corrected chi connectivity index (χ4v) is 2.23. The molecular formula is C15H18N6. The van der Waals surface area contributed by atoms with E-state index in [-0.39, 0.29) is 0 Å². The molecule has 0 radical (unpaired) electrons. The number of rotatable bonds is 4. The minimum atomic E-state index is 0.673. The van der Waals surface area contributed by atoms with Gasteiger partial charge in [-0.2, -0.15) is 0 Å². The number of nitrogens with zero attached hydrogens (tertiary/aromatic N) is 4. The Morgan fingerprint density at radius 1 is 1.19 bits per heavy atom. The van der Waals surface area contributed by atoms with Crippen molar-refractivity contribution in [3.05, 3.63) is 42.0 Å². The fourth-order valence-electron chi connectivity index (χ4n) is 2.23. The quantitative estimate of drug-likeness (QED) is 0.768. The Morgan fingerprint density at radius 3 is 2.81 bits per heavy atom. The summed E-state index contributed by atoms with van der Waals surface area (Å²) in [6, 6.07) is 6.45. The van der Waals surface area contributed by atoms with E-state index < -0.39 is 0 Å². The number of fused-ring (bicyclic) bond motifs is 1. The number of benzene rings is 1. The Hall–Kier alpha value is -2.63. The van der Waals surface area contributed by atoms with Crippen LogP contribution in [0.15, 0.2) is 30.9 Å². The zero-order chi connectivity index (χ0) is 14.8. The molecule has 108 valence electrons. The summed E-state index contributed by atoms with van der Waals surface area (Å²) in [5.74, 6) is 0.772. The standard InChI is InChI=1S/C15H18N6/c1-10-6-12(21(2)3)5-4-11(10)7-16-14-13-15(18-8-17-13)20-9-19-14/h4-6,8-9H,7H2,1-3H3,(H2,16,17,18,19,20). The van der Waals surface area contributed by atoms with E-state index in [4.69, 9.17) is 0 Å². The van der Waals surface area contributed by atoms with Crippen molar-refractivity contribution in [1.29, 1.82) is 0 Å². The topological polar surface area (TPSA) is 69.7 Å². The highest BCUT2D eigenvalue weighted by Gasteiger charge is 2.06. The van der Waals surface area contributed by atoms with Gasteiger partial charge in [0, 0.05) is 26.3 Å². The lowest BCUT2D eigenvalue weighted by Gasteiger charge is -2.15. The molecule has 2 heterocycles. The molecule has 0 aliphatic carbocycles. The Labute approximate surface area is 123 Å². The van der Waals surface area contributed by atoms with Crippen LogP contribution in [0.2, 0.25) is 0 Å². The Balaban J connectivity index is 1.80. The second-order valence-electron chi connectivity index (χ2n) is 5.18. The van der Waals surface area contributed by atoms with E-state index in [1.54, 1.807) is 6.33 Å². The third kappa shape index (κ3) is 2.65. The summed E-state index contributed by atoms with van der Waals surface area (Å²) >= 11 is 0. The number of aromatic amines is 1. The van der Waals surface area contributed by atoms with Gasteiger partial charge in [0.1, 0.15) is 11.8 Å². The van der Waals surface area contributed by atoms with Crippen molar-refractivity contribution in [3.63, 3.8) is 0 Å². The van der Waals surface area contributed by atoms with Crippen molar-refractivity contribution in [2.75, 3.05) is 24.3 Å². The zero-order valence-corrected chi connectivity index (χ0v) is 12.4. The van der Waals surface area contributed by atoms with Crippen molar-refractivity contribution in [3.8, 4) is 0 Å². The molecule has 3 rings (SSSR count). The molecule has 0 spiro atoms. The van der Waals surface area contributed by atoms with Crippen molar-refractivity contribution in [2.45, 2.75) is 13.5 Å². The van der Waals surface area contributed by atoms with Crippen LogP contribution in [0.5, 0.6) is 0 Å². The summed E-state index contributed by atoms with van der Waals surface area (Å²) < 4.78 is 0. The third-order valence-electron chi connectivity index (χ3n) is 3.51. The first-order valence-corrected chi connectivity index (χ1v) is 6.80. The molecule has 3 aromatic rings. The average Bonchev–Trinajstić information content (AvgIpc) is 2.94. The number of aromatic nitrogens is 4. The maximum Gasteiger partial charge on any atom is 0.182 e. The van der Waals surface area contributed by atoms with Crippen molar-refractivity contribution < 1.29 is 0 Å². The third-order valence-corrected chi connectivity index (χ3v) is 3.51. The summed E-state index contributed by atoms with van der Waals surface area (Å²) in [6.45, 7) is 2.83. The van der Waals surface area contributed by atoms with Gasteiger partial charge >= 0.3 is 0 Å². The molecular weight excluding hydrogens is 264 g/mol. The number of aryl methyl sites for hydroxylation is 1. The SMILES string of the molecule is Cc1cc(N(C)C)ccc1CNc1ncnc2nc[nH]c12. The smallest absolute Gasteiger partial charge is 0.182 e. The lowest BCUT2D eigenvalue weighted by molar-refractivity contribution is 1.07. The average molecular weight is 282 g/mol. The summed E-state index contributed by atoms with van der Waals surface area (Å²) in [4.78, 5) is 17.7. The number of imidazole rings is 1. The first kappa shape index (κ1) is 13.4. The number of H-pyrrole nitrogens is 1. The normalized spacial score (nSPS) is 10.8. The lowest BCUT2D eigenvalue weighted by Crippen LogP contribution is -2.10. The van der Waals surface area contributed by atoms with Gasteiger partial charge in [-0.3, -0.25) is 0 Å². The van der Waals surface area contributed by atoms with Crippen LogP contribution in [0.1, 0.15) is 11.1 Å². The van der Waals surface area contributed by atoms with E-state index in [2.05, 4.69) is 55.3 Å². The van der Waals surface area contributed by atoms with E-state index >= 15 is 0 Å². The van der Waals surface area contributed by atoms with Crippen LogP contribution in [0.4, 0.5) is 11.5 Å². The molecule has 0 amide bonds. The van der Waals surface area contributed by atoms with Crippen LogP contribution in [0.3, 0.4) is 0 Å². The Kier molecular flexibility index (Phi) is 3.43. The predicted octanol–water partition coefficient (Wildman–Crippen LogP) is 2.34. The molecule has 0 atom stereocenters. The zero-order valence-electron chi connectivity index (χ0n) is 12.4. The van der Waals surface area contributed by atoms with Gasteiger partial charge in [-0.25, -0.2) is 15.0 Å². The van der Waals surface area contributed by atoms with E-state index in [1.165, 1.54) is 23.1 Å². The van der Waals surface area contributed by atoms with Crippen molar-refractivity contribution in [1.82, 2.24) is 19.9 Å². The highest BCUT2D eigenvalue weighted by atomic mass is 15.1. The summed E-state index contributed by atoms with van der Waals surface area (Å²) in [5.41, 5.74) is 5.21. The molecule has 21 heavy (non-hydrogen) atoms. The molecule has 6 nitrogen and oxygen atoms in total. The van der Waals surface area contributed by atoms with Crippen molar-refractivity contribution in [2.24, 2.45) is 0 Å². The molecule has 0 saturated carbocycles. The van der Waals surface area contributed by atoms with E-state index in [0.717, 1.165) is 11.3 Å². The van der Waals surface area contributed by atoms with E-state index in [0.29, 0.717) is 12.2 Å². The first-order chi connectivity index (χ1) is 10.1. The molecule has 0 aliphatic heterocycles. The highest BCUT2D eigenvalue weighted by molar-refractivity contribution is 5.81. The molecule has 0 fully saturated rings. The molecule has 0 saturated heterocycles.